The Morgan fingerprint density at radius 1 is 1.17 bits per heavy atom. The van der Waals surface area contributed by atoms with Gasteiger partial charge in [0.25, 0.3) is 0 Å². The van der Waals surface area contributed by atoms with Gasteiger partial charge in [-0.3, -0.25) is 9.59 Å². The molecule has 0 unspecified atom stereocenters. The van der Waals surface area contributed by atoms with Gasteiger partial charge < -0.3 is 0 Å². The Bertz CT molecular complexity index is 307. The van der Waals surface area contributed by atoms with Crippen LogP contribution in [0, 0.1) is 5.82 Å². The van der Waals surface area contributed by atoms with E-state index in [1.807, 2.05) is 0 Å². The van der Waals surface area contributed by atoms with E-state index < -0.39 is 5.82 Å². The van der Waals surface area contributed by atoms with Crippen LogP contribution in [0.15, 0.2) is 16.6 Å². The smallest absolute Gasteiger partial charge is 0.153 e. The molecule has 0 aliphatic carbocycles. The van der Waals surface area contributed by atoms with E-state index >= 15 is 0 Å². The molecule has 1 rings (SSSR count). The lowest BCUT2D eigenvalue weighted by molar-refractivity contribution is 0.111. The number of carbonyl (C=O) groups is 2. The zero-order valence-corrected chi connectivity index (χ0v) is 7.47. The molecule has 62 valence electrons. The molecule has 0 spiro atoms. The lowest BCUT2D eigenvalue weighted by Gasteiger charge is -1.98. The fraction of sp³-hybridized carbons (Fsp3) is 0. The third-order valence-electron chi connectivity index (χ3n) is 1.35. The lowest BCUT2D eigenvalue weighted by Crippen LogP contribution is -1.94. The first kappa shape index (κ1) is 9.06. The summed E-state index contributed by atoms with van der Waals surface area (Å²) >= 11 is 3.04. The van der Waals surface area contributed by atoms with E-state index in [-0.39, 0.29) is 11.1 Å². The molecule has 0 N–H and O–H groups in total. The SMILES string of the molecule is O=Cc1cc(Br)cc(C=O)c1F. The monoisotopic (exact) mass is 230 g/mol. The van der Waals surface area contributed by atoms with Crippen molar-refractivity contribution in [3.8, 4) is 0 Å². The maximum Gasteiger partial charge on any atom is 0.153 e. The van der Waals surface area contributed by atoms with Gasteiger partial charge in [0.05, 0.1) is 11.1 Å². The van der Waals surface area contributed by atoms with Crippen molar-refractivity contribution in [1.82, 2.24) is 0 Å². The third-order valence-corrected chi connectivity index (χ3v) is 1.81. The molecule has 0 heterocycles. The Morgan fingerprint density at radius 2 is 1.58 bits per heavy atom. The van der Waals surface area contributed by atoms with Gasteiger partial charge in [0, 0.05) is 4.47 Å². The highest BCUT2D eigenvalue weighted by Crippen LogP contribution is 2.17. The van der Waals surface area contributed by atoms with E-state index in [2.05, 4.69) is 15.9 Å². The molecule has 0 radical (unpaired) electrons. The molecule has 0 aromatic heterocycles. The van der Waals surface area contributed by atoms with Gasteiger partial charge in [-0.15, -0.1) is 0 Å². The van der Waals surface area contributed by atoms with Crippen LogP contribution in [-0.4, -0.2) is 12.6 Å². The van der Waals surface area contributed by atoms with Crippen molar-refractivity contribution >= 4 is 28.5 Å². The molecule has 1 aromatic carbocycles. The van der Waals surface area contributed by atoms with Crippen LogP contribution in [-0.2, 0) is 0 Å². The fourth-order valence-electron chi connectivity index (χ4n) is 0.804. The summed E-state index contributed by atoms with van der Waals surface area (Å²) in [6.45, 7) is 0. The first-order chi connectivity index (χ1) is 5.69. The summed E-state index contributed by atoms with van der Waals surface area (Å²) in [6, 6.07) is 2.63. The van der Waals surface area contributed by atoms with Crippen LogP contribution in [0.2, 0.25) is 0 Å². The molecule has 0 fully saturated rings. The third kappa shape index (κ3) is 1.58. The quantitative estimate of drug-likeness (QED) is 0.731. The molecular formula is C8H4BrFO2. The predicted molar refractivity (Wildman–Crippen MR) is 44.9 cm³/mol. The average Bonchev–Trinajstić information content (AvgIpc) is 2.08. The Labute approximate surface area is 76.5 Å². The van der Waals surface area contributed by atoms with Gasteiger partial charge in [-0.25, -0.2) is 4.39 Å². The normalized spacial score (nSPS) is 9.50. The Morgan fingerprint density at radius 3 is 1.92 bits per heavy atom. The molecule has 0 saturated heterocycles. The highest BCUT2D eigenvalue weighted by molar-refractivity contribution is 9.10. The van der Waals surface area contributed by atoms with Crippen LogP contribution in [0.1, 0.15) is 20.7 Å². The van der Waals surface area contributed by atoms with E-state index in [0.29, 0.717) is 17.0 Å². The molecule has 0 bridgehead atoms. The van der Waals surface area contributed by atoms with Gasteiger partial charge >= 0.3 is 0 Å². The van der Waals surface area contributed by atoms with E-state index in [1.165, 1.54) is 12.1 Å². The van der Waals surface area contributed by atoms with Gasteiger partial charge in [-0.2, -0.15) is 0 Å². The fourth-order valence-corrected chi connectivity index (χ4v) is 1.30. The van der Waals surface area contributed by atoms with E-state index in [9.17, 15) is 14.0 Å². The zero-order valence-electron chi connectivity index (χ0n) is 5.88. The summed E-state index contributed by atoms with van der Waals surface area (Å²) < 4.78 is 13.5. The topological polar surface area (TPSA) is 34.1 Å². The van der Waals surface area contributed by atoms with Crippen molar-refractivity contribution in [2.24, 2.45) is 0 Å². The molecular weight excluding hydrogens is 227 g/mol. The number of benzene rings is 1. The zero-order chi connectivity index (χ0) is 9.14. The van der Waals surface area contributed by atoms with Gasteiger partial charge in [0.2, 0.25) is 0 Å². The average molecular weight is 231 g/mol. The van der Waals surface area contributed by atoms with Crippen molar-refractivity contribution < 1.29 is 14.0 Å². The number of halogens is 2. The van der Waals surface area contributed by atoms with E-state index in [0.717, 1.165) is 0 Å². The molecule has 4 heteroatoms. The van der Waals surface area contributed by atoms with Crippen LogP contribution >= 0.6 is 15.9 Å². The van der Waals surface area contributed by atoms with Gasteiger partial charge in [-0.1, -0.05) is 15.9 Å². The van der Waals surface area contributed by atoms with Gasteiger partial charge in [-0.05, 0) is 12.1 Å². The summed E-state index contributed by atoms with van der Waals surface area (Å²) in [4.78, 5) is 20.5. The number of rotatable bonds is 2. The van der Waals surface area contributed by atoms with Crippen LogP contribution in [0.3, 0.4) is 0 Å². The number of hydrogen-bond donors (Lipinski definition) is 0. The first-order valence-corrected chi connectivity index (χ1v) is 3.87. The minimum absolute atomic E-state index is 0.119. The summed E-state index contributed by atoms with van der Waals surface area (Å²) in [7, 11) is 0. The van der Waals surface area contributed by atoms with Crippen molar-refractivity contribution in [3.63, 3.8) is 0 Å². The Kier molecular flexibility index (Phi) is 2.70. The van der Waals surface area contributed by atoms with Gasteiger partial charge in [0.15, 0.2) is 12.6 Å². The molecule has 12 heavy (non-hydrogen) atoms. The summed E-state index contributed by atoms with van der Waals surface area (Å²) in [5.41, 5.74) is -0.238. The lowest BCUT2D eigenvalue weighted by atomic mass is 10.1. The van der Waals surface area contributed by atoms with Crippen molar-refractivity contribution in [1.29, 1.82) is 0 Å². The van der Waals surface area contributed by atoms with Crippen LogP contribution in [0.25, 0.3) is 0 Å². The molecule has 1 aromatic rings. The summed E-state index contributed by atoms with van der Waals surface area (Å²) in [5, 5.41) is 0. The Hall–Kier alpha value is -1.03. The Balaban J connectivity index is 3.41. The highest BCUT2D eigenvalue weighted by atomic mass is 79.9. The maximum atomic E-state index is 13.0. The standard InChI is InChI=1S/C8H4BrFO2/c9-7-1-5(3-11)8(10)6(2-7)4-12/h1-4H. The molecule has 0 aliphatic rings. The number of aldehydes is 2. The van der Waals surface area contributed by atoms with Crippen LogP contribution < -0.4 is 0 Å². The largest absolute Gasteiger partial charge is 0.298 e. The molecule has 0 aliphatic heterocycles. The minimum atomic E-state index is -0.775. The van der Waals surface area contributed by atoms with Crippen molar-refractivity contribution in [2.45, 2.75) is 0 Å². The van der Waals surface area contributed by atoms with Crippen molar-refractivity contribution in [3.05, 3.63) is 33.5 Å². The van der Waals surface area contributed by atoms with Crippen molar-refractivity contribution in [2.75, 3.05) is 0 Å². The van der Waals surface area contributed by atoms with Crippen LogP contribution in [0.4, 0.5) is 4.39 Å². The minimum Gasteiger partial charge on any atom is -0.298 e. The second-order valence-corrected chi connectivity index (χ2v) is 3.05. The summed E-state index contributed by atoms with van der Waals surface area (Å²) in [6.07, 6.45) is 0.736. The number of carbonyl (C=O) groups excluding carboxylic acids is 2. The molecule has 0 saturated carbocycles. The highest BCUT2D eigenvalue weighted by Gasteiger charge is 2.07. The van der Waals surface area contributed by atoms with Crippen LogP contribution in [0.5, 0.6) is 0 Å². The number of hydrogen-bond acceptors (Lipinski definition) is 2. The first-order valence-electron chi connectivity index (χ1n) is 3.08. The summed E-state index contributed by atoms with van der Waals surface area (Å²) in [5.74, 6) is -0.775. The van der Waals surface area contributed by atoms with E-state index in [1.54, 1.807) is 0 Å². The molecule has 0 amide bonds. The second-order valence-electron chi connectivity index (χ2n) is 2.13. The second kappa shape index (κ2) is 3.58. The van der Waals surface area contributed by atoms with Gasteiger partial charge in [0.1, 0.15) is 5.82 Å². The molecule has 2 nitrogen and oxygen atoms in total. The maximum absolute atomic E-state index is 13.0. The molecule has 0 atom stereocenters. The predicted octanol–water partition coefficient (Wildman–Crippen LogP) is 2.21. The van der Waals surface area contributed by atoms with E-state index in [4.69, 9.17) is 0 Å².